The zero-order chi connectivity index (χ0) is 15.9. The maximum absolute atomic E-state index is 12.3. The Morgan fingerprint density at radius 1 is 1.36 bits per heavy atom. The van der Waals surface area contributed by atoms with Gasteiger partial charge in [-0.05, 0) is 43.2 Å². The second kappa shape index (κ2) is 7.66. The zero-order valence-electron chi connectivity index (χ0n) is 12.8. The predicted molar refractivity (Wildman–Crippen MR) is 82.6 cm³/mol. The van der Waals surface area contributed by atoms with Crippen molar-refractivity contribution in [1.29, 1.82) is 0 Å². The topological polar surface area (TPSA) is 71.7 Å². The van der Waals surface area contributed by atoms with E-state index in [1.807, 2.05) is 38.1 Å². The molecule has 0 fully saturated rings. The predicted octanol–water partition coefficient (Wildman–Crippen LogP) is 2.60. The number of furan rings is 1. The van der Waals surface area contributed by atoms with Crippen molar-refractivity contribution in [3.05, 3.63) is 54.0 Å². The molecule has 0 saturated heterocycles. The quantitative estimate of drug-likeness (QED) is 0.824. The minimum Gasteiger partial charge on any atom is -0.481 e. The third kappa shape index (κ3) is 4.11. The number of hydrogen-bond donors (Lipinski definition) is 2. The van der Waals surface area contributed by atoms with Crippen molar-refractivity contribution in [3.63, 3.8) is 0 Å². The van der Waals surface area contributed by atoms with Crippen LogP contribution in [0.15, 0.2) is 47.1 Å². The fourth-order valence-corrected chi connectivity index (χ4v) is 2.14. The SMILES string of the molecule is CCC(Oc1cccc(C)c1)C(=O)NC(CO)c1ccco1. The van der Waals surface area contributed by atoms with Crippen molar-refractivity contribution in [2.75, 3.05) is 6.61 Å². The van der Waals surface area contributed by atoms with E-state index in [0.29, 0.717) is 17.9 Å². The van der Waals surface area contributed by atoms with Crippen molar-refractivity contribution in [1.82, 2.24) is 5.32 Å². The largest absolute Gasteiger partial charge is 0.481 e. The second-order valence-electron chi connectivity index (χ2n) is 5.09. The highest BCUT2D eigenvalue weighted by Gasteiger charge is 2.23. The van der Waals surface area contributed by atoms with E-state index in [2.05, 4.69) is 5.32 Å². The number of aliphatic hydroxyl groups excluding tert-OH is 1. The van der Waals surface area contributed by atoms with Gasteiger partial charge < -0.3 is 19.6 Å². The van der Waals surface area contributed by atoms with Crippen LogP contribution in [0.1, 0.15) is 30.7 Å². The van der Waals surface area contributed by atoms with E-state index in [1.54, 1.807) is 12.1 Å². The van der Waals surface area contributed by atoms with E-state index in [4.69, 9.17) is 9.15 Å². The molecular weight excluding hydrogens is 282 g/mol. The van der Waals surface area contributed by atoms with Crippen molar-refractivity contribution < 1.29 is 19.1 Å². The van der Waals surface area contributed by atoms with Crippen LogP contribution in [0, 0.1) is 6.92 Å². The van der Waals surface area contributed by atoms with Crippen LogP contribution in [-0.4, -0.2) is 23.7 Å². The molecule has 0 aliphatic rings. The molecule has 5 nitrogen and oxygen atoms in total. The average molecular weight is 303 g/mol. The highest BCUT2D eigenvalue weighted by atomic mass is 16.5. The lowest BCUT2D eigenvalue weighted by molar-refractivity contribution is -0.129. The molecule has 118 valence electrons. The molecule has 0 radical (unpaired) electrons. The van der Waals surface area contributed by atoms with Gasteiger partial charge in [0, 0.05) is 0 Å². The number of carbonyl (C=O) groups excluding carboxylic acids is 1. The van der Waals surface area contributed by atoms with E-state index in [-0.39, 0.29) is 12.5 Å². The molecule has 2 N–H and O–H groups in total. The molecule has 22 heavy (non-hydrogen) atoms. The highest BCUT2D eigenvalue weighted by molar-refractivity contribution is 5.81. The Morgan fingerprint density at radius 3 is 2.77 bits per heavy atom. The summed E-state index contributed by atoms with van der Waals surface area (Å²) in [6, 6.07) is 10.4. The minimum atomic E-state index is -0.620. The molecule has 1 aromatic carbocycles. The fourth-order valence-electron chi connectivity index (χ4n) is 2.14. The molecular formula is C17H21NO4. The summed E-state index contributed by atoms with van der Waals surface area (Å²) in [5, 5.41) is 12.2. The van der Waals surface area contributed by atoms with Crippen LogP contribution in [0.2, 0.25) is 0 Å². The van der Waals surface area contributed by atoms with Crippen molar-refractivity contribution in [2.24, 2.45) is 0 Å². The molecule has 1 amide bonds. The van der Waals surface area contributed by atoms with Gasteiger partial charge in [-0.3, -0.25) is 4.79 Å². The Bertz CT molecular complexity index is 594. The van der Waals surface area contributed by atoms with Crippen LogP contribution in [0.3, 0.4) is 0 Å². The van der Waals surface area contributed by atoms with Crippen molar-refractivity contribution >= 4 is 5.91 Å². The van der Waals surface area contributed by atoms with Gasteiger partial charge in [0.15, 0.2) is 6.10 Å². The van der Waals surface area contributed by atoms with Crippen LogP contribution < -0.4 is 10.1 Å². The van der Waals surface area contributed by atoms with Gasteiger partial charge in [-0.15, -0.1) is 0 Å². The van der Waals surface area contributed by atoms with Gasteiger partial charge in [0.1, 0.15) is 17.6 Å². The standard InChI is InChI=1S/C17H21NO4/c1-3-15(22-13-7-4-6-12(2)10-13)17(20)18-14(11-19)16-8-5-9-21-16/h4-10,14-15,19H,3,11H2,1-2H3,(H,18,20). The summed E-state index contributed by atoms with van der Waals surface area (Å²) in [6.45, 7) is 3.60. The Morgan fingerprint density at radius 2 is 2.18 bits per heavy atom. The van der Waals surface area contributed by atoms with E-state index in [1.165, 1.54) is 6.26 Å². The molecule has 0 aliphatic heterocycles. The Hall–Kier alpha value is -2.27. The molecule has 0 spiro atoms. The van der Waals surface area contributed by atoms with Crippen molar-refractivity contribution in [2.45, 2.75) is 32.4 Å². The summed E-state index contributed by atoms with van der Waals surface area (Å²) >= 11 is 0. The molecule has 0 bridgehead atoms. The lowest BCUT2D eigenvalue weighted by Crippen LogP contribution is -2.41. The van der Waals surface area contributed by atoms with Crippen LogP contribution >= 0.6 is 0 Å². The summed E-state index contributed by atoms with van der Waals surface area (Å²) in [7, 11) is 0. The van der Waals surface area contributed by atoms with Gasteiger partial charge in [-0.25, -0.2) is 0 Å². The molecule has 2 aromatic rings. The Labute approximate surface area is 129 Å². The molecule has 1 heterocycles. The first kappa shape index (κ1) is 16.1. The molecule has 1 aromatic heterocycles. The van der Waals surface area contributed by atoms with Gasteiger partial charge >= 0.3 is 0 Å². The molecule has 5 heteroatoms. The second-order valence-corrected chi connectivity index (χ2v) is 5.09. The molecule has 2 unspecified atom stereocenters. The van der Waals surface area contributed by atoms with Crippen LogP contribution in [0.25, 0.3) is 0 Å². The summed E-state index contributed by atoms with van der Waals surface area (Å²) in [4.78, 5) is 12.3. The fraction of sp³-hybridized carbons (Fsp3) is 0.353. The number of benzene rings is 1. The summed E-state index contributed by atoms with van der Waals surface area (Å²) in [6.07, 6.45) is 1.41. The van der Waals surface area contributed by atoms with E-state index in [9.17, 15) is 9.90 Å². The number of aliphatic hydroxyl groups is 1. The first-order chi connectivity index (χ1) is 10.6. The van der Waals surface area contributed by atoms with Crippen LogP contribution in [0.5, 0.6) is 5.75 Å². The molecule has 0 aliphatic carbocycles. The number of ether oxygens (including phenoxy) is 1. The van der Waals surface area contributed by atoms with Crippen molar-refractivity contribution in [3.8, 4) is 5.75 Å². The van der Waals surface area contributed by atoms with E-state index >= 15 is 0 Å². The third-order valence-electron chi connectivity index (χ3n) is 3.32. The Balaban J connectivity index is 2.02. The number of hydrogen-bond acceptors (Lipinski definition) is 4. The van der Waals surface area contributed by atoms with Gasteiger partial charge in [0.05, 0.1) is 12.9 Å². The number of amides is 1. The summed E-state index contributed by atoms with van der Waals surface area (Å²) < 4.78 is 11.0. The maximum Gasteiger partial charge on any atom is 0.261 e. The van der Waals surface area contributed by atoms with Gasteiger partial charge in [-0.1, -0.05) is 19.1 Å². The third-order valence-corrected chi connectivity index (χ3v) is 3.32. The van der Waals surface area contributed by atoms with E-state index < -0.39 is 12.1 Å². The van der Waals surface area contributed by atoms with Crippen LogP contribution in [-0.2, 0) is 4.79 Å². The normalized spacial score (nSPS) is 13.4. The summed E-state index contributed by atoms with van der Waals surface area (Å²) in [5.41, 5.74) is 1.07. The maximum atomic E-state index is 12.3. The lowest BCUT2D eigenvalue weighted by Gasteiger charge is -2.20. The average Bonchev–Trinajstić information content (AvgIpc) is 3.04. The van der Waals surface area contributed by atoms with Gasteiger partial charge in [-0.2, -0.15) is 0 Å². The summed E-state index contributed by atoms with van der Waals surface area (Å²) in [5.74, 6) is 0.890. The zero-order valence-corrected chi connectivity index (χ0v) is 12.8. The monoisotopic (exact) mass is 303 g/mol. The Kier molecular flexibility index (Phi) is 5.61. The minimum absolute atomic E-state index is 0.236. The van der Waals surface area contributed by atoms with Crippen LogP contribution in [0.4, 0.5) is 0 Å². The molecule has 0 saturated carbocycles. The number of nitrogens with one attached hydrogen (secondary N) is 1. The smallest absolute Gasteiger partial charge is 0.261 e. The first-order valence-corrected chi connectivity index (χ1v) is 7.32. The van der Waals surface area contributed by atoms with Gasteiger partial charge in [0.25, 0.3) is 5.91 Å². The lowest BCUT2D eigenvalue weighted by atomic mass is 10.2. The first-order valence-electron chi connectivity index (χ1n) is 7.32. The molecule has 2 atom stereocenters. The molecule has 2 rings (SSSR count). The number of aryl methyl sites for hydroxylation is 1. The van der Waals surface area contributed by atoms with E-state index in [0.717, 1.165) is 5.56 Å². The highest BCUT2D eigenvalue weighted by Crippen LogP contribution is 2.17. The van der Waals surface area contributed by atoms with Gasteiger partial charge in [0.2, 0.25) is 0 Å². The number of rotatable bonds is 7. The number of carbonyl (C=O) groups is 1.